The summed E-state index contributed by atoms with van der Waals surface area (Å²) in [4.78, 5) is 39.3. The van der Waals surface area contributed by atoms with Crippen molar-refractivity contribution in [2.75, 3.05) is 12.0 Å². The Morgan fingerprint density at radius 2 is 1.68 bits per heavy atom. The number of nitrogens with one attached hydrogen (secondary N) is 1. The highest BCUT2D eigenvalue weighted by molar-refractivity contribution is 14.1. The monoisotopic (exact) mass is 666 g/mol. The van der Waals surface area contributed by atoms with Crippen LogP contribution in [0.3, 0.4) is 0 Å². The van der Waals surface area contributed by atoms with E-state index in [2.05, 4.69) is 5.32 Å². The Kier molecular flexibility index (Phi) is 7.81. The number of methoxy groups -OCH3 is 1. The average molecular weight is 667 g/mol. The van der Waals surface area contributed by atoms with Crippen molar-refractivity contribution in [1.82, 2.24) is 5.32 Å². The van der Waals surface area contributed by atoms with Crippen molar-refractivity contribution in [2.24, 2.45) is 0 Å². The maximum atomic E-state index is 13.3. The first-order chi connectivity index (χ1) is 17.9. The van der Waals surface area contributed by atoms with Gasteiger partial charge in [-0.05, 0) is 90.0 Å². The van der Waals surface area contributed by atoms with Crippen LogP contribution in [-0.2, 0) is 19.7 Å². The van der Waals surface area contributed by atoms with Crippen LogP contribution in [0, 0.1) is 17.4 Å². The highest BCUT2D eigenvalue weighted by atomic mass is 127. The van der Waals surface area contributed by atoms with Crippen molar-refractivity contribution in [3.63, 3.8) is 0 Å². The molecule has 4 rings (SSSR count). The summed E-state index contributed by atoms with van der Waals surface area (Å²) in [5.41, 5.74) is 1.74. The second kappa shape index (κ2) is 10.8. The molecule has 38 heavy (non-hydrogen) atoms. The lowest BCUT2D eigenvalue weighted by atomic mass is 10.1. The number of rotatable bonds is 6. The number of amides is 4. The zero-order valence-electron chi connectivity index (χ0n) is 20.2. The molecule has 0 aromatic heterocycles. The Morgan fingerprint density at radius 3 is 2.34 bits per heavy atom. The number of carbonyl (C=O) groups is 3. The molecule has 0 saturated carbocycles. The predicted octanol–water partition coefficient (Wildman–Crippen LogP) is 5.00. The number of ether oxygens (including phenoxy) is 1. The van der Waals surface area contributed by atoms with Gasteiger partial charge in [0.25, 0.3) is 11.8 Å². The first-order valence-electron chi connectivity index (χ1n) is 11.0. The molecule has 1 N–H and O–H groups in total. The van der Waals surface area contributed by atoms with E-state index in [0.29, 0.717) is 19.7 Å². The smallest absolute Gasteiger partial charge is 0.339 e. The number of hydrogen-bond acceptors (Lipinski definition) is 7. The third kappa shape index (κ3) is 5.54. The number of halogens is 2. The molecule has 1 saturated heterocycles. The van der Waals surface area contributed by atoms with E-state index < -0.39 is 28.0 Å². The Hall–Kier alpha value is -3.42. The van der Waals surface area contributed by atoms with Crippen LogP contribution >= 0.6 is 34.2 Å². The number of imide groups is 2. The van der Waals surface area contributed by atoms with Gasteiger partial charge in [-0.3, -0.25) is 14.9 Å². The van der Waals surface area contributed by atoms with Gasteiger partial charge in [-0.1, -0.05) is 35.4 Å². The second-order valence-corrected chi connectivity index (χ2v) is 11.4. The van der Waals surface area contributed by atoms with Crippen LogP contribution in [0.4, 0.5) is 10.5 Å². The maximum absolute atomic E-state index is 13.3. The number of hydrogen-bond donors (Lipinski definition) is 1. The van der Waals surface area contributed by atoms with Gasteiger partial charge in [-0.15, -0.1) is 0 Å². The highest BCUT2D eigenvalue weighted by Gasteiger charge is 2.37. The van der Waals surface area contributed by atoms with Gasteiger partial charge >= 0.3 is 16.1 Å². The number of urea groups is 1. The molecule has 1 aliphatic heterocycles. The minimum absolute atomic E-state index is 0.0299. The molecule has 3 aromatic rings. The van der Waals surface area contributed by atoms with E-state index in [-0.39, 0.29) is 27.7 Å². The van der Waals surface area contributed by atoms with Crippen LogP contribution in [0.2, 0.25) is 5.02 Å². The second-order valence-electron chi connectivity index (χ2n) is 8.27. The molecule has 0 bridgehead atoms. The van der Waals surface area contributed by atoms with Gasteiger partial charge in [-0.2, -0.15) is 8.42 Å². The molecule has 12 heteroatoms. The van der Waals surface area contributed by atoms with Gasteiger partial charge in [-0.25, -0.2) is 9.69 Å². The predicted molar refractivity (Wildman–Crippen MR) is 150 cm³/mol. The molecule has 9 nitrogen and oxygen atoms in total. The lowest BCUT2D eigenvalue weighted by Gasteiger charge is -2.27. The Morgan fingerprint density at radius 1 is 1.00 bits per heavy atom. The summed E-state index contributed by atoms with van der Waals surface area (Å²) in [7, 11) is -2.84. The van der Waals surface area contributed by atoms with Gasteiger partial charge in [0.1, 0.15) is 10.5 Å². The number of aryl methyl sites for hydroxylation is 2. The van der Waals surface area contributed by atoms with E-state index in [1.807, 2.05) is 29.5 Å². The molecule has 0 atom stereocenters. The SMILES string of the molecule is COc1cc(/C=C2\C(=O)NC(=O)N(c3cc(Cl)ccc3C)C2=O)cc(I)c1OS(=O)(=O)c1ccc(C)cc1. The maximum Gasteiger partial charge on any atom is 0.339 e. The van der Waals surface area contributed by atoms with E-state index >= 15 is 0 Å². The van der Waals surface area contributed by atoms with E-state index in [1.54, 1.807) is 31.2 Å². The molecule has 1 heterocycles. The lowest BCUT2D eigenvalue weighted by molar-refractivity contribution is -0.122. The molecule has 0 radical (unpaired) electrons. The van der Waals surface area contributed by atoms with Crippen molar-refractivity contribution in [3.05, 3.63) is 85.5 Å². The molecule has 4 amide bonds. The molecule has 0 aliphatic carbocycles. The zero-order chi connectivity index (χ0) is 27.8. The van der Waals surface area contributed by atoms with Crippen LogP contribution in [0.5, 0.6) is 11.5 Å². The van der Waals surface area contributed by atoms with Crippen LogP contribution in [-0.4, -0.2) is 33.4 Å². The normalized spacial score (nSPS) is 15.0. The number of nitrogens with zero attached hydrogens (tertiary/aromatic N) is 1. The van der Waals surface area contributed by atoms with Crippen molar-refractivity contribution in [3.8, 4) is 11.5 Å². The van der Waals surface area contributed by atoms with E-state index in [9.17, 15) is 22.8 Å². The molecule has 196 valence electrons. The molecular weight excluding hydrogens is 647 g/mol. The van der Waals surface area contributed by atoms with E-state index in [4.69, 9.17) is 20.5 Å². The van der Waals surface area contributed by atoms with Crippen molar-refractivity contribution < 1.29 is 31.7 Å². The molecule has 1 fully saturated rings. The van der Waals surface area contributed by atoms with Crippen LogP contribution < -0.4 is 19.1 Å². The summed E-state index contributed by atoms with van der Waals surface area (Å²) in [5, 5.41) is 2.47. The Bertz CT molecular complexity index is 1620. The van der Waals surface area contributed by atoms with E-state index in [1.165, 1.54) is 43.5 Å². The summed E-state index contributed by atoms with van der Waals surface area (Å²) in [6, 6.07) is 12.9. The number of benzene rings is 3. The Balaban J connectivity index is 1.72. The summed E-state index contributed by atoms with van der Waals surface area (Å²) in [6.07, 6.45) is 1.28. The Labute approximate surface area is 237 Å². The fraction of sp³-hybridized carbons (Fsp3) is 0.115. The molecule has 3 aromatic carbocycles. The van der Waals surface area contributed by atoms with Crippen LogP contribution in [0.25, 0.3) is 6.08 Å². The zero-order valence-corrected chi connectivity index (χ0v) is 24.0. The van der Waals surface area contributed by atoms with Gasteiger partial charge in [0.2, 0.25) is 0 Å². The van der Waals surface area contributed by atoms with Gasteiger partial charge in [0.05, 0.1) is 16.4 Å². The van der Waals surface area contributed by atoms with Crippen molar-refractivity contribution >= 4 is 73.9 Å². The van der Waals surface area contributed by atoms with E-state index in [0.717, 1.165) is 10.5 Å². The summed E-state index contributed by atoms with van der Waals surface area (Å²) >= 11 is 7.93. The third-order valence-electron chi connectivity index (χ3n) is 5.58. The number of carbonyl (C=O) groups excluding carboxylic acids is 3. The minimum atomic E-state index is -4.17. The van der Waals surface area contributed by atoms with Crippen molar-refractivity contribution in [2.45, 2.75) is 18.7 Å². The van der Waals surface area contributed by atoms with Crippen LogP contribution in [0.15, 0.2) is 65.1 Å². The largest absolute Gasteiger partial charge is 0.493 e. The summed E-state index contributed by atoms with van der Waals surface area (Å²) in [6.45, 7) is 3.53. The first-order valence-corrected chi connectivity index (χ1v) is 13.8. The third-order valence-corrected chi connectivity index (χ3v) is 7.85. The first kappa shape index (κ1) is 27.6. The molecule has 0 spiro atoms. The minimum Gasteiger partial charge on any atom is -0.493 e. The van der Waals surface area contributed by atoms with Crippen LogP contribution in [0.1, 0.15) is 16.7 Å². The molecule has 0 unspecified atom stereocenters. The summed E-state index contributed by atoms with van der Waals surface area (Å²) in [5.74, 6) is -1.73. The molecule has 1 aliphatic rings. The summed E-state index contributed by atoms with van der Waals surface area (Å²) < 4.78 is 36.8. The fourth-order valence-corrected chi connectivity index (χ4v) is 5.64. The van der Waals surface area contributed by atoms with Crippen molar-refractivity contribution in [1.29, 1.82) is 0 Å². The number of barbiturate groups is 1. The van der Waals surface area contributed by atoms with Gasteiger partial charge in [0, 0.05) is 5.02 Å². The average Bonchev–Trinajstić information content (AvgIpc) is 2.85. The topological polar surface area (TPSA) is 119 Å². The number of anilines is 1. The standard InChI is InChI=1S/C26H20ClIN2O7S/c1-14-4-8-18(9-5-14)38(34,35)37-23-20(28)11-16(12-22(23)36-3)10-19-24(31)29-26(33)30(25(19)32)21-13-17(27)7-6-15(21)2/h4-13H,1-3H3,(H,29,31,33)/b19-10+. The highest BCUT2D eigenvalue weighted by Crippen LogP contribution is 2.37. The fourth-order valence-electron chi connectivity index (χ4n) is 3.63. The quantitative estimate of drug-likeness (QED) is 0.170. The molecular formula is C26H20ClIN2O7S. The van der Waals surface area contributed by atoms with Gasteiger partial charge < -0.3 is 8.92 Å². The lowest BCUT2D eigenvalue weighted by Crippen LogP contribution is -2.54. The van der Waals surface area contributed by atoms with Gasteiger partial charge in [0.15, 0.2) is 11.5 Å².